The van der Waals surface area contributed by atoms with Gasteiger partial charge >= 0.3 is 12.1 Å². The zero-order valence-electron chi connectivity index (χ0n) is 15.2. The Morgan fingerprint density at radius 2 is 1.39 bits per heavy atom. The third-order valence-electron chi connectivity index (χ3n) is 3.58. The lowest BCUT2D eigenvalue weighted by Crippen LogP contribution is -2.35. The summed E-state index contributed by atoms with van der Waals surface area (Å²) >= 11 is 0. The number of carbonyl (C=O) groups is 2. The molecule has 0 aliphatic carbocycles. The van der Waals surface area contributed by atoms with Crippen LogP contribution in [-0.4, -0.2) is 31.3 Å². The average Bonchev–Trinajstić information content (AvgIpc) is 2.50. The molecule has 0 spiro atoms. The minimum atomic E-state index is -0.467. The smallest absolute Gasteiger partial charge is 0.407 e. The Morgan fingerprint density at radius 1 is 0.826 bits per heavy atom. The second-order valence-electron chi connectivity index (χ2n) is 6.08. The molecule has 0 aromatic rings. The van der Waals surface area contributed by atoms with Gasteiger partial charge in [-0.25, -0.2) is 4.79 Å². The molecule has 0 aromatic heterocycles. The van der Waals surface area contributed by atoms with E-state index in [0.717, 1.165) is 25.7 Å². The lowest BCUT2D eigenvalue weighted by Gasteiger charge is -2.13. The van der Waals surface area contributed by atoms with Gasteiger partial charge in [-0.2, -0.15) is 0 Å². The summed E-state index contributed by atoms with van der Waals surface area (Å²) in [6.45, 7) is 6.90. The maximum atomic E-state index is 11.7. The fourth-order valence-corrected chi connectivity index (χ4v) is 2.16. The number of ether oxygens (including phenoxy) is 2. The molecule has 0 aliphatic heterocycles. The third-order valence-corrected chi connectivity index (χ3v) is 3.58. The van der Waals surface area contributed by atoms with E-state index in [4.69, 9.17) is 9.47 Å². The number of esters is 1. The first-order chi connectivity index (χ1) is 11.1. The Kier molecular flexibility index (Phi) is 14.8. The van der Waals surface area contributed by atoms with Gasteiger partial charge in [-0.15, -0.1) is 0 Å². The van der Waals surface area contributed by atoms with Crippen molar-refractivity contribution >= 4 is 12.1 Å². The minimum absolute atomic E-state index is 0.180. The molecule has 5 heteroatoms. The van der Waals surface area contributed by atoms with Gasteiger partial charge in [0.25, 0.3) is 0 Å². The standard InChI is InChI=1S/C18H35NO4/c1-4-6-8-9-10-11-12-14-22-17(20)15-16(3)19-18(21)23-13-7-5-2/h16H,4-15H2,1-3H3,(H,19,21). The number of amides is 1. The van der Waals surface area contributed by atoms with Gasteiger partial charge in [0.1, 0.15) is 0 Å². The average molecular weight is 329 g/mol. The highest BCUT2D eigenvalue weighted by Gasteiger charge is 2.13. The largest absolute Gasteiger partial charge is 0.466 e. The normalized spacial score (nSPS) is 11.8. The molecule has 1 atom stereocenters. The highest BCUT2D eigenvalue weighted by atomic mass is 16.5. The Balaban J connectivity index is 3.52. The maximum absolute atomic E-state index is 11.7. The molecule has 0 aromatic carbocycles. The van der Waals surface area contributed by atoms with Gasteiger partial charge in [0, 0.05) is 6.04 Å². The van der Waals surface area contributed by atoms with E-state index >= 15 is 0 Å². The van der Waals surface area contributed by atoms with E-state index in [2.05, 4.69) is 12.2 Å². The van der Waals surface area contributed by atoms with Crippen molar-refractivity contribution in [3.8, 4) is 0 Å². The predicted octanol–water partition coefficient (Wildman–Crippen LogP) is 4.59. The lowest BCUT2D eigenvalue weighted by molar-refractivity contribution is -0.144. The molecule has 0 heterocycles. The van der Waals surface area contributed by atoms with E-state index in [0.29, 0.717) is 13.2 Å². The number of hydrogen-bond donors (Lipinski definition) is 1. The van der Waals surface area contributed by atoms with Crippen LogP contribution in [0.2, 0.25) is 0 Å². The molecule has 5 nitrogen and oxygen atoms in total. The van der Waals surface area contributed by atoms with Crippen molar-refractivity contribution in [1.82, 2.24) is 5.32 Å². The van der Waals surface area contributed by atoms with Crippen LogP contribution >= 0.6 is 0 Å². The van der Waals surface area contributed by atoms with E-state index in [1.807, 2.05) is 6.92 Å². The monoisotopic (exact) mass is 329 g/mol. The molecule has 0 bridgehead atoms. The van der Waals surface area contributed by atoms with Crippen LogP contribution in [0.1, 0.15) is 85.0 Å². The zero-order valence-corrected chi connectivity index (χ0v) is 15.2. The Hall–Kier alpha value is -1.26. The molecule has 0 aliphatic rings. The Morgan fingerprint density at radius 3 is 2.04 bits per heavy atom. The van der Waals surface area contributed by atoms with Crippen LogP contribution in [0.3, 0.4) is 0 Å². The van der Waals surface area contributed by atoms with Crippen LogP contribution in [0.4, 0.5) is 4.79 Å². The van der Waals surface area contributed by atoms with Gasteiger partial charge in [-0.3, -0.25) is 4.79 Å². The number of nitrogens with one attached hydrogen (secondary N) is 1. The number of unbranched alkanes of at least 4 members (excludes halogenated alkanes) is 7. The maximum Gasteiger partial charge on any atom is 0.407 e. The second-order valence-corrected chi connectivity index (χ2v) is 6.08. The first-order valence-corrected chi connectivity index (χ1v) is 9.19. The Labute approximate surface area is 141 Å². The quantitative estimate of drug-likeness (QED) is 0.374. The van der Waals surface area contributed by atoms with E-state index in [9.17, 15) is 9.59 Å². The summed E-state index contributed by atoms with van der Waals surface area (Å²) in [6, 6.07) is -0.273. The van der Waals surface area contributed by atoms with E-state index in [1.54, 1.807) is 6.92 Å². The summed E-state index contributed by atoms with van der Waals surface area (Å²) in [5.41, 5.74) is 0. The number of rotatable bonds is 14. The molecule has 0 saturated heterocycles. The molecule has 136 valence electrons. The Bertz CT molecular complexity index is 307. The topological polar surface area (TPSA) is 64.6 Å². The van der Waals surface area contributed by atoms with E-state index in [-0.39, 0.29) is 18.4 Å². The van der Waals surface area contributed by atoms with Crippen molar-refractivity contribution < 1.29 is 19.1 Å². The summed E-state index contributed by atoms with van der Waals surface area (Å²) in [5.74, 6) is -0.266. The molecule has 0 radical (unpaired) electrons. The summed E-state index contributed by atoms with van der Waals surface area (Å²) in [4.78, 5) is 23.1. The van der Waals surface area contributed by atoms with Crippen molar-refractivity contribution in [2.24, 2.45) is 0 Å². The summed E-state index contributed by atoms with van der Waals surface area (Å²) < 4.78 is 10.2. The highest BCUT2D eigenvalue weighted by Crippen LogP contribution is 2.07. The van der Waals surface area contributed by atoms with Crippen LogP contribution in [0.15, 0.2) is 0 Å². The van der Waals surface area contributed by atoms with Crippen molar-refractivity contribution in [3.63, 3.8) is 0 Å². The zero-order chi connectivity index (χ0) is 17.3. The van der Waals surface area contributed by atoms with Crippen LogP contribution < -0.4 is 5.32 Å². The van der Waals surface area contributed by atoms with Gasteiger partial charge in [-0.05, 0) is 19.8 Å². The van der Waals surface area contributed by atoms with Crippen molar-refractivity contribution in [3.05, 3.63) is 0 Å². The first kappa shape index (κ1) is 21.7. The molecule has 0 saturated carbocycles. The molecule has 1 N–H and O–H groups in total. The summed E-state index contributed by atoms with van der Waals surface area (Å²) in [5, 5.41) is 2.64. The molecule has 0 fully saturated rings. The fraction of sp³-hybridized carbons (Fsp3) is 0.889. The molecule has 23 heavy (non-hydrogen) atoms. The number of carbonyl (C=O) groups excluding carboxylic acids is 2. The fourth-order valence-electron chi connectivity index (χ4n) is 2.16. The second kappa shape index (κ2) is 15.6. The van der Waals surface area contributed by atoms with E-state index in [1.165, 1.54) is 32.1 Å². The molecular weight excluding hydrogens is 294 g/mol. The predicted molar refractivity (Wildman–Crippen MR) is 92.4 cm³/mol. The van der Waals surface area contributed by atoms with Gasteiger partial charge in [0.05, 0.1) is 19.6 Å². The van der Waals surface area contributed by atoms with Crippen molar-refractivity contribution in [1.29, 1.82) is 0 Å². The molecule has 0 rings (SSSR count). The van der Waals surface area contributed by atoms with Gasteiger partial charge in [0.2, 0.25) is 0 Å². The van der Waals surface area contributed by atoms with E-state index < -0.39 is 6.09 Å². The van der Waals surface area contributed by atoms with Crippen molar-refractivity contribution in [2.75, 3.05) is 13.2 Å². The molecular formula is C18H35NO4. The summed E-state index contributed by atoms with van der Waals surface area (Å²) in [7, 11) is 0. The SMILES string of the molecule is CCCCCCCCCOC(=O)CC(C)NC(=O)OCCCC. The highest BCUT2D eigenvalue weighted by molar-refractivity contribution is 5.72. The lowest BCUT2D eigenvalue weighted by atomic mass is 10.1. The van der Waals surface area contributed by atoms with Gasteiger partial charge < -0.3 is 14.8 Å². The van der Waals surface area contributed by atoms with Crippen LogP contribution in [-0.2, 0) is 14.3 Å². The van der Waals surface area contributed by atoms with Crippen LogP contribution in [0.5, 0.6) is 0 Å². The van der Waals surface area contributed by atoms with Crippen LogP contribution in [0, 0.1) is 0 Å². The van der Waals surface area contributed by atoms with Gasteiger partial charge in [0.15, 0.2) is 0 Å². The van der Waals surface area contributed by atoms with Crippen molar-refractivity contribution in [2.45, 2.75) is 91.0 Å². The number of alkyl carbamates (subject to hydrolysis) is 1. The summed E-state index contributed by atoms with van der Waals surface area (Å²) in [6.07, 6.45) is 9.90. The third kappa shape index (κ3) is 15.4. The molecule has 1 amide bonds. The molecule has 1 unspecified atom stereocenters. The number of hydrogen-bond acceptors (Lipinski definition) is 4. The minimum Gasteiger partial charge on any atom is -0.466 e. The van der Waals surface area contributed by atoms with Gasteiger partial charge in [-0.1, -0.05) is 58.8 Å². The first-order valence-electron chi connectivity index (χ1n) is 9.19. The van der Waals surface area contributed by atoms with Crippen LogP contribution in [0.25, 0.3) is 0 Å².